The molecule has 4 nitrogen and oxygen atoms in total. The molecule has 2 rings (SSSR count). The van der Waals surface area contributed by atoms with Crippen LogP contribution in [0.3, 0.4) is 0 Å². The lowest BCUT2D eigenvalue weighted by atomic mass is 9.71. The molecule has 110 valence electrons. The zero-order valence-corrected chi connectivity index (χ0v) is 12.5. The summed E-state index contributed by atoms with van der Waals surface area (Å²) in [4.78, 5) is 14.3. The number of rotatable bonds is 1. The number of nitrogens with zero attached hydrogens (tertiary/aromatic N) is 1. The lowest BCUT2D eigenvalue weighted by molar-refractivity contribution is -0.146. The summed E-state index contributed by atoms with van der Waals surface area (Å²) in [5.74, 6) is 0.284. The number of piperidine rings is 1. The molecular formula is C15H28N2O2. The molecule has 1 saturated heterocycles. The van der Waals surface area contributed by atoms with E-state index in [9.17, 15) is 9.90 Å². The summed E-state index contributed by atoms with van der Waals surface area (Å²) in [6, 6.07) is -0.456. The van der Waals surface area contributed by atoms with Crippen molar-refractivity contribution in [1.29, 1.82) is 0 Å². The Bertz CT molecular complexity index is 351. The van der Waals surface area contributed by atoms with Crippen molar-refractivity contribution >= 4 is 5.91 Å². The minimum absolute atomic E-state index is 0.0418. The number of nitrogens with two attached hydrogens (primary N) is 1. The molecule has 1 saturated carbocycles. The number of carbonyl (C=O) groups is 1. The first kappa shape index (κ1) is 14.8. The van der Waals surface area contributed by atoms with Crippen LogP contribution < -0.4 is 5.73 Å². The minimum Gasteiger partial charge on any atom is -0.389 e. The maximum absolute atomic E-state index is 12.4. The van der Waals surface area contributed by atoms with Gasteiger partial charge in [-0.25, -0.2) is 0 Å². The quantitative estimate of drug-likeness (QED) is 0.757. The van der Waals surface area contributed by atoms with Crippen LogP contribution in [0.5, 0.6) is 0 Å². The van der Waals surface area contributed by atoms with Gasteiger partial charge in [-0.3, -0.25) is 4.79 Å². The minimum atomic E-state index is -0.527. The van der Waals surface area contributed by atoms with Gasteiger partial charge in [-0.15, -0.1) is 0 Å². The first-order valence-corrected chi connectivity index (χ1v) is 7.51. The molecule has 0 aromatic rings. The number of hydrogen-bond acceptors (Lipinski definition) is 3. The summed E-state index contributed by atoms with van der Waals surface area (Å²) in [5.41, 5.74) is 5.33. The van der Waals surface area contributed by atoms with E-state index in [-0.39, 0.29) is 17.2 Å². The van der Waals surface area contributed by atoms with Gasteiger partial charge < -0.3 is 15.7 Å². The molecule has 1 heterocycles. The highest BCUT2D eigenvalue weighted by atomic mass is 16.3. The Morgan fingerprint density at radius 1 is 1.37 bits per heavy atom. The maximum Gasteiger partial charge on any atom is 0.240 e. The summed E-state index contributed by atoms with van der Waals surface area (Å²) in [5, 5.41) is 10.6. The topological polar surface area (TPSA) is 66.6 Å². The summed E-state index contributed by atoms with van der Waals surface area (Å²) < 4.78 is 0. The van der Waals surface area contributed by atoms with Gasteiger partial charge in [-0.2, -0.15) is 0 Å². The predicted molar refractivity (Wildman–Crippen MR) is 75.5 cm³/mol. The van der Waals surface area contributed by atoms with Gasteiger partial charge >= 0.3 is 0 Å². The first-order chi connectivity index (χ1) is 8.74. The maximum atomic E-state index is 12.4. The second-order valence-corrected chi connectivity index (χ2v) is 7.42. The van der Waals surface area contributed by atoms with Crippen molar-refractivity contribution in [3.05, 3.63) is 0 Å². The summed E-state index contributed by atoms with van der Waals surface area (Å²) in [6.45, 7) is 7.32. The first-order valence-electron chi connectivity index (χ1n) is 7.51. The Kier molecular flexibility index (Phi) is 3.94. The molecule has 19 heavy (non-hydrogen) atoms. The van der Waals surface area contributed by atoms with Crippen LogP contribution in [0.2, 0.25) is 0 Å². The van der Waals surface area contributed by atoms with Crippen LogP contribution in [-0.2, 0) is 4.79 Å². The number of hydrogen-bond donors (Lipinski definition) is 2. The Hall–Kier alpha value is -0.610. The Morgan fingerprint density at radius 3 is 2.68 bits per heavy atom. The number of amides is 1. The van der Waals surface area contributed by atoms with E-state index in [1.165, 1.54) is 6.42 Å². The fraction of sp³-hybridized carbons (Fsp3) is 0.933. The zero-order valence-electron chi connectivity index (χ0n) is 12.5. The molecule has 0 aromatic heterocycles. The third kappa shape index (κ3) is 2.95. The molecule has 3 atom stereocenters. The van der Waals surface area contributed by atoms with Crippen LogP contribution in [0, 0.1) is 11.3 Å². The molecule has 0 radical (unpaired) electrons. The van der Waals surface area contributed by atoms with Crippen LogP contribution in [0.1, 0.15) is 52.9 Å². The number of aliphatic hydroxyl groups is 1. The van der Waals surface area contributed by atoms with E-state index in [2.05, 4.69) is 0 Å². The number of likely N-dealkylation sites (tertiary alicyclic amines) is 1. The van der Waals surface area contributed by atoms with Crippen LogP contribution in [0.25, 0.3) is 0 Å². The van der Waals surface area contributed by atoms with E-state index in [1.807, 2.05) is 25.7 Å². The zero-order chi connectivity index (χ0) is 14.3. The third-order valence-corrected chi connectivity index (χ3v) is 4.94. The Balaban J connectivity index is 2.03. The lowest BCUT2D eigenvalue weighted by Gasteiger charge is -2.48. The second kappa shape index (κ2) is 5.06. The van der Waals surface area contributed by atoms with Gasteiger partial charge in [0.05, 0.1) is 11.6 Å². The van der Waals surface area contributed by atoms with Crippen molar-refractivity contribution in [2.75, 3.05) is 13.1 Å². The standard InChI is InChI=1S/C15H28N2O2/c1-14(2,3)12(16)13(18)17-9-8-15(19)7-5-4-6-11(15)10-17/h11-12,19H,4-10,16H2,1-3H3/t11?,12-,15?/m0/s1. The van der Waals surface area contributed by atoms with Gasteiger partial charge in [0, 0.05) is 19.0 Å². The molecule has 1 amide bonds. The molecule has 0 aromatic carbocycles. The van der Waals surface area contributed by atoms with Gasteiger partial charge in [0.2, 0.25) is 5.91 Å². The average Bonchev–Trinajstić information content (AvgIpc) is 2.34. The van der Waals surface area contributed by atoms with Crippen LogP contribution >= 0.6 is 0 Å². The SMILES string of the molecule is CC(C)(C)[C@@H](N)C(=O)N1CCC2(O)CCCCC2C1. The Labute approximate surface area is 116 Å². The van der Waals surface area contributed by atoms with Crippen molar-refractivity contribution in [2.24, 2.45) is 17.1 Å². The van der Waals surface area contributed by atoms with Crippen molar-refractivity contribution in [2.45, 2.75) is 64.5 Å². The van der Waals surface area contributed by atoms with E-state index in [0.29, 0.717) is 19.5 Å². The van der Waals surface area contributed by atoms with Crippen LogP contribution in [0.4, 0.5) is 0 Å². The molecular weight excluding hydrogens is 240 g/mol. The second-order valence-electron chi connectivity index (χ2n) is 7.42. The molecule has 0 spiro atoms. The van der Waals surface area contributed by atoms with Gasteiger partial charge in [0.15, 0.2) is 0 Å². The van der Waals surface area contributed by atoms with E-state index in [0.717, 1.165) is 19.3 Å². The average molecular weight is 268 g/mol. The van der Waals surface area contributed by atoms with Gasteiger partial charge in [-0.05, 0) is 24.7 Å². The third-order valence-electron chi connectivity index (χ3n) is 4.94. The summed E-state index contributed by atoms with van der Waals surface area (Å²) in [7, 11) is 0. The van der Waals surface area contributed by atoms with E-state index in [4.69, 9.17) is 5.73 Å². The van der Waals surface area contributed by atoms with E-state index in [1.54, 1.807) is 0 Å². The van der Waals surface area contributed by atoms with Crippen LogP contribution in [-0.4, -0.2) is 40.6 Å². The van der Waals surface area contributed by atoms with Gasteiger partial charge in [0.1, 0.15) is 0 Å². The van der Waals surface area contributed by atoms with Gasteiger partial charge in [-0.1, -0.05) is 33.6 Å². The summed E-state index contributed by atoms with van der Waals surface area (Å²) >= 11 is 0. The Morgan fingerprint density at radius 2 is 2.05 bits per heavy atom. The number of fused-ring (bicyclic) bond motifs is 1. The van der Waals surface area contributed by atoms with Gasteiger partial charge in [0.25, 0.3) is 0 Å². The highest BCUT2D eigenvalue weighted by Gasteiger charge is 2.45. The lowest BCUT2D eigenvalue weighted by Crippen LogP contribution is -2.59. The smallest absolute Gasteiger partial charge is 0.240 e. The van der Waals surface area contributed by atoms with E-state index < -0.39 is 11.6 Å². The molecule has 1 aliphatic heterocycles. The molecule has 4 heteroatoms. The molecule has 1 aliphatic carbocycles. The molecule has 2 aliphatic rings. The molecule has 2 fully saturated rings. The van der Waals surface area contributed by atoms with Crippen molar-refractivity contribution in [1.82, 2.24) is 4.90 Å². The van der Waals surface area contributed by atoms with E-state index >= 15 is 0 Å². The molecule has 0 bridgehead atoms. The van der Waals surface area contributed by atoms with Crippen molar-refractivity contribution in [3.8, 4) is 0 Å². The van der Waals surface area contributed by atoms with Crippen LogP contribution in [0.15, 0.2) is 0 Å². The fourth-order valence-corrected chi connectivity index (χ4v) is 3.34. The van der Waals surface area contributed by atoms with Crippen molar-refractivity contribution in [3.63, 3.8) is 0 Å². The highest BCUT2D eigenvalue weighted by molar-refractivity contribution is 5.82. The summed E-state index contributed by atoms with van der Waals surface area (Å²) in [6.07, 6.45) is 4.92. The molecule has 3 N–H and O–H groups in total. The monoisotopic (exact) mass is 268 g/mol. The van der Waals surface area contributed by atoms with Crippen molar-refractivity contribution < 1.29 is 9.90 Å². The highest BCUT2D eigenvalue weighted by Crippen LogP contribution is 2.40. The normalized spacial score (nSPS) is 33.7. The molecule has 2 unspecified atom stereocenters. The number of carbonyl (C=O) groups excluding carboxylic acids is 1. The largest absolute Gasteiger partial charge is 0.389 e. The predicted octanol–water partition coefficient (Wildman–Crippen LogP) is 1.51. The fourth-order valence-electron chi connectivity index (χ4n) is 3.34.